The average molecular weight is 310 g/mol. The molecule has 0 aromatic heterocycles. The maximum absolute atomic E-state index is 6.26. The van der Waals surface area contributed by atoms with Gasteiger partial charge in [0.1, 0.15) is 11.5 Å². The maximum atomic E-state index is 6.26. The van der Waals surface area contributed by atoms with Gasteiger partial charge in [-0.2, -0.15) is 0 Å². The highest BCUT2D eigenvalue weighted by molar-refractivity contribution is 6.32. The summed E-state index contributed by atoms with van der Waals surface area (Å²) in [6, 6.07) is 11.4. The molecule has 1 N–H and O–H groups in total. The van der Waals surface area contributed by atoms with Crippen LogP contribution in [0.25, 0.3) is 0 Å². The number of rotatable bonds is 5. The molecule has 0 bridgehead atoms. The predicted octanol–water partition coefficient (Wildman–Crippen LogP) is 5.20. The fourth-order valence-corrected chi connectivity index (χ4v) is 2.21. The summed E-state index contributed by atoms with van der Waals surface area (Å²) in [5.74, 6) is 1.36. The third kappa shape index (κ3) is 3.89. The topological polar surface area (TPSA) is 21.3 Å². The Kier molecular flexibility index (Phi) is 5.30. The lowest BCUT2D eigenvalue weighted by molar-refractivity contribution is 0.479. The molecule has 0 amide bonds. The predicted molar refractivity (Wildman–Crippen MR) is 85.1 cm³/mol. The smallest absolute Gasteiger partial charge is 0.146 e. The first-order chi connectivity index (χ1) is 9.60. The van der Waals surface area contributed by atoms with Crippen molar-refractivity contribution >= 4 is 23.2 Å². The first kappa shape index (κ1) is 15.2. The average Bonchev–Trinajstić information content (AvgIpc) is 2.43. The Morgan fingerprint density at radius 2 is 1.85 bits per heavy atom. The minimum Gasteiger partial charge on any atom is -0.455 e. The molecular formula is C16H17Cl2NO. The van der Waals surface area contributed by atoms with Crippen LogP contribution in [0.2, 0.25) is 10.0 Å². The summed E-state index contributed by atoms with van der Waals surface area (Å²) in [6.45, 7) is 5.77. The molecule has 106 valence electrons. The highest BCUT2D eigenvalue weighted by atomic mass is 35.5. The molecule has 0 saturated carbocycles. The van der Waals surface area contributed by atoms with Gasteiger partial charge in [0.15, 0.2) is 0 Å². The molecule has 0 atom stereocenters. The van der Waals surface area contributed by atoms with Crippen LogP contribution in [0.15, 0.2) is 36.4 Å². The number of hydrogen-bond donors (Lipinski definition) is 1. The highest BCUT2D eigenvalue weighted by Crippen LogP contribution is 2.33. The normalized spacial score (nSPS) is 10.6. The fraction of sp³-hybridized carbons (Fsp3) is 0.250. The zero-order valence-electron chi connectivity index (χ0n) is 11.5. The number of aryl methyl sites for hydroxylation is 1. The quantitative estimate of drug-likeness (QED) is 0.819. The van der Waals surface area contributed by atoms with E-state index < -0.39 is 0 Å². The molecule has 0 aliphatic carbocycles. The molecule has 4 heteroatoms. The zero-order valence-corrected chi connectivity index (χ0v) is 13.1. The summed E-state index contributed by atoms with van der Waals surface area (Å²) in [5.41, 5.74) is 2.15. The van der Waals surface area contributed by atoms with Crippen molar-refractivity contribution < 1.29 is 4.74 Å². The van der Waals surface area contributed by atoms with Crippen LogP contribution in [0.5, 0.6) is 11.5 Å². The molecule has 20 heavy (non-hydrogen) atoms. The molecule has 0 aliphatic heterocycles. The molecule has 0 radical (unpaired) electrons. The standard InChI is InChI=1S/C16H17Cl2NO/c1-3-19-10-12-5-7-15(14(18)8-12)20-16-9-13(17)6-4-11(16)2/h4-9,19H,3,10H2,1-2H3. The second-order valence-electron chi connectivity index (χ2n) is 4.56. The second kappa shape index (κ2) is 6.98. The molecule has 2 aromatic carbocycles. The first-order valence-electron chi connectivity index (χ1n) is 6.53. The SMILES string of the molecule is CCNCc1ccc(Oc2cc(Cl)ccc2C)c(Cl)c1. The van der Waals surface area contributed by atoms with E-state index in [2.05, 4.69) is 12.2 Å². The highest BCUT2D eigenvalue weighted by Gasteiger charge is 2.07. The Morgan fingerprint density at radius 3 is 2.55 bits per heavy atom. The van der Waals surface area contributed by atoms with Gasteiger partial charge in [-0.05, 0) is 48.9 Å². The van der Waals surface area contributed by atoms with Gasteiger partial charge in [-0.15, -0.1) is 0 Å². The number of ether oxygens (including phenoxy) is 1. The van der Waals surface area contributed by atoms with Gasteiger partial charge in [0, 0.05) is 11.6 Å². The summed E-state index contributed by atoms with van der Waals surface area (Å²) >= 11 is 12.2. The van der Waals surface area contributed by atoms with Gasteiger partial charge in [0.05, 0.1) is 5.02 Å². The molecular weight excluding hydrogens is 293 g/mol. The lowest BCUT2D eigenvalue weighted by Gasteiger charge is -2.11. The molecule has 0 fully saturated rings. The van der Waals surface area contributed by atoms with Crippen LogP contribution in [0.3, 0.4) is 0 Å². The lowest BCUT2D eigenvalue weighted by atomic mass is 10.2. The van der Waals surface area contributed by atoms with E-state index in [4.69, 9.17) is 27.9 Å². The molecule has 0 heterocycles. The molecule has 0 aliphatic rings. The van der Waals surface area contributed by atoms with Gasteiger partial charge in [-0.1, -0.05) is 42.3 Å². The van der Waals surface area contributed by atoms with Crippen molar-refractivity contribution in [3.05, 3.63) is 57.6 Å². The van der Waals surface area contributed by atoms with Gasteiger partial charge in [0.2, 0.25) is 0 Å². The van der Waals surface area contributed by atoms with Crippen LogP contribution < -0.4 is 10.1 Å². The van der Waals surface area contributed by atoms with Crippen LogP contribution in [-0.2, 0) is 6.54 Å². The molecule has 0 spiro atoms. The van der Waals surface area contributed by atoms with E-state index in [1.54, 1.807) is 6.07 Å². The van der Waals surface area contributed by atoms with Gasteiger partial charge in [-0.25, -0.2) is 0 Å². The Bertz CT molecular complexity index is 599. The van der Waals surface area contributed by atoms with E-state index in [1.807, 2.05) is 37.3 Å². The molecule has 2 rings (SSSR count). The lowest BCUT2D eigenvalue weighted by Crippen LogP contribution is -2.11. The molecule has 2 nitrogen and oxygen atoms in total. The van der Waals surface area contributed by atoms with E-state index in [0.717, 1.165) is 30.0 Å². The van der Waals surface area contributed by atoms with E-state index in [0.29, 0.717) is 15.8 Å². The Balaban J connectivity index is 2.19. The van der Waals surface area contributed by atoms with Crippen LogP contribution >= 0.6 is 23.2 Å². The summed E-state index contributed by atoms with van der Waals surface area (Å²) in [7, 11) is 0. The monoisotopic (exact) mass is 309 g/mol. The Hall–Kier alpha value is -1.22. The second-order valence-corrected chi connectivity index (χ2v) is 5.40. The summed E-state index contributed by atoms with van der Waals surface area (Å²) in [5, 5.41) is 4.50. The van der Waals surface area contributed by atoms with Crippen molar-refractivity contribution in [2.24, 2.45) is 0 Å². The van der Waals surface area contributed by atoms with Crippen LogP contribution in [0, 0.1) is 6.92 Å². The Labute approximate surface area is 129 Å². The zero-order chi connectivity index (χ0) is 14.5. The Morgan fingerprint density at radius 1 is 1.05 bits per heavy atom. The molecule has 2 aromatic rings. The maximum Gasteiger partial charge on any atom is 0.146 e. The number of benzene rings is 2. The van der Waals surface area contributed by atoms with Gasteiger partial charge in [0.25, 0.3) is 0 Å². The van der Waals surface area contributed by atoms with Crippen LogP contribution in [0.1, 0.15) is 18.1 Å². The van der Waals surface area contributed by atoms with Crippen molar-refractivity contribution in [2.45, 2.75) is 20.4 Å². The van der Waals surface area contributed by atoms with E-state index in [-0.39, 0.29) is 0 Å². The fourth-order valence-electron chi connectivity index (χ4n) is 1.81. The van der Waals surface area contributed by atoms with E-state index in [1.165, 1.54) is 0 Å². The van der Waals surface area contributed by atoms with Crippen LogP contribution in [0.4, 0.5) is 0 Å². The first-order valence-corrected chi connectivity index (χ1v) is 7.29. The minimum atomic E-state index is 0.597. The number of halogens is 2. The molecule has 0 unspecified atom stereocenters. The van der Waals surface area contributed by atoms with E-state index in [9.17, 15) is 0 Å². The summed E-state index contributed by atoms with van der Waals surface area (Å²) in [4.78, 5) is 0. The van der Waals surface area contributed by atoms with Crippen molar-refractivity contribution in [3.8, 4) is 11.5 Å². The van der Waals surface area contributed by atoms with Crippen molar-refractivity contribution in [2.75, 3.05) is 6.54 Å². The largest absolute Gasteiger partial charge is 0.455 e. The van der Waals surface area contributed by atoms with Crippen molar-refractivity contribution in [1.29, 1.82) is 0 Å². The summed E-state index contributed by atoms with van der Waals surface area (Å²) in [6.07, 6.45) is 0. The summed E-state index contributed by atoms with van der Waals surface area (Å²) < 4.78 is 5.84. The minimum absolute atomic E-state index is 0.597. The third-order valence-corrected chi connectivity index (χ3v) is 3.48. The van der Waals surface area contributed by atoms with E-state index >= 15 is 0 Å². The van der Waals surface area contributed by atoms with Crippen molar-refractivity contribution in [1.82, 2.24) is 5.32 Å². The number of hydrogen-bond acceptors (Lipinski definition) is 2. The molecule has 0 saturated heterocycles. The van der Waals surface area contributed by atoms with Gasteiger partial charge in [-0.3, -0.25) is 0 Å². The number of nitrogens with one attached hydrogen (secondary N) is 1. The van der Waals surface area contributed by atoms with Gasteiger partial charge >= 0.3 is 0 Å². The van der Waals surface area contributed by atoms with Gasteiger partial charge < -0.3 is 10.1 Å². The van der Waals surface area contributed by atoms with Crippen molar-refractivity contribution in [3.63, 3.8) is 0 Å². The third-order valence-electron chi connectivity index (χ3n) is 2.95. The van der Waals surface area contributed by atoms with Crippen LogP contribution in [-0.4, -0.2) is 6.54 Å².